The lowest BCUT2D eigenvalue weighted by atomic mass is 9.65. The molecule has 2 nitrogen and oxygen atoms in total. The number of benzene rings is 1. The molecule has 0 saturated heterocycles. The average molecular weight is 282 g/mol. The van der Waals surface area contributed by atoms with Gasteiger partial charge >= 0.3 is 0 Å². The number of nitrogens with one attached hydrogen (secondary N) is 1. The van der Waals surface area contributed by atoms with Crippen molar-refractivity contribution in [3.63, 3.8) is 0 Å². The first kappa shape index (κ1) is 14.7. The highest BCUT2D eigenvalue weighted by Gasteiger charge is 2.37. The Hall–Kier alpha value is -0.730. The number of hydrogen-bond acceptors (Lipinski definition) is 2. The molecule has 0 aromatic heterocycles. The van der Waals surface area contributed by atoms with Crippen molar-refractivity contribution in [2.45, 2.75) is 39.0 Å². The van der Waals surface area contributed by atoms with E-state index in [9.17, 15) is 0 Å². The van der Waals surface area contributed by atoms with Gasteiger partial charge in [-0.1, -0.05) is 24.9 Å². The predicted molar refractivity (Wildman–Crippen MR) is 81.2 cm³/mol. The summed E-state index contributed by atoms with van der Waals surface area (Å²) in [5.41, 5.74) is 1.65. The van der Waals surface area contributed by atoms with Gasteiger partial charge in [-0.25, -0.2) is 0 Å². The summed E-state index contributed by atoms with van der Waals surface area (Å²) >= 11 is 6.12. The summed E-state index contributed by atoms with van der Waals surface area (Å²) in [6, 6.07) is 5.93. The Balaban J connectivity index is 2.07. The molecule has 2 rings (SSSR count). The summed E-state index contributed by atoms with van der Waals surface area (Å²) in [6.45, 7) is 4.42. The van der Waals surface area contributed by atoms with Crippen molar-refractivity contribution in [3.05, 3.63) is 28.8 Å². The zero-order chi connectivity index (χ0) is 13.7. The zero-order valence-electron chi connectivity index (χ0n) is 12.0. The first-order valence-electron chi connectivity index (χ1n) is 7.22. The van der Waals surface area contributed by atoms with Crippen LogP contribution >= 0.6 is 11.6 Å². The van der Waals surface area contributed by atoms with Crippen molar-refractivity contribution in [2.75, 3.05) is 20.2 Å². The minimum absolute atomic E-state index is 0.410. The summed E-state index contributed by atoms with van der Waals surface area (Å²) < 4.78 is 5.46. The maximum absolute atomic E-state index is 6.12. The SMILES string of the molecule is CCCNCC1(Cc2cc(Cl)ccc2OC)CCC1. The number of halogens is 1. The molecule has 0 aliphatic heterocycles. The van der Waals surface area contributed by atoms with E-state index in [4.69, 9.17) is 16.3 Å². The first-order chi connectivity index (χ1) is 9.19. The molecule has 0 bridgehead atoms. The van der Waals surface area contributed by atoms with E-state index < -0.39 is 0 Å². The second kappa shape index (κ2) is 6.62. The van der Waals surface area contributed by atoms with Crippen LogP contribution in [-0.2, 0) is 6.42 Å². The van der Waals surface area contributed by atoms with Crippen LogP contribution in [-0.4, -0.2) is 20.2 Å². The molecule has 0 unspecified atom stereocenters. The quantitative estimate of drug-likeness (QED) is 0.761. The van der Waals surface area contributed by atoms with Gasteiger partial charge in [-0.15, -0.1) is 0 Å². The van der Waals surface area contributed by atoms with Gasteiger partial charge in [0.15, 0.2) is 0 Å². The van der Waals surface area contributed by atoms with Crippen LogP contribution in [0.25, 0.3) is 0 Å². The summed E-state index contributed by atoms with van der Waals surface area (Å²) in [5, 5.41) is 4.37. The Morgan fingerprint density at radius 3 is 2.74 bits per heavy atom. The summed E-state index contributed by atoms with van der Waals surface area (Å²) in [6.07, 6.45) is 6.21. The van der Waals surface area contributed by atoms with Crippen molar-refractivity contribution in [1.82, 2.24) is 5.32 Å². The predicted octanol–water partition coefficient (Wildman–Crippen LogP) is 4.06. The fourth-order valence-corrected chi connectivity index (χ4v) is 3.11. The fourth-order valence-electron chi connectivity index (χ4n) is 2.91. The van der Waals surface area contributed by atoms with E-state index in [0.29, 0.717) is 5.41 Å². The van der Waals surface area contributed by atoms with Gasteiger partial charge in [-0.3, -0.25) is 0 Å². The lowest BCUT2D eigenvalue weighted by molar-refractivity contribution is 0.129. The third-order valence-corrected chi connectivity index (χ3v) is 4.38. The fraction of sp³-hybridized carbons (Fsp3) is 0.625. The molecule has 0 amide bonds. The van der Waals surface area contributed by atoms with E-state index in [-0.39, 0.29) is 0 Å². The van der Waals surface area contributed by atoms with E-state index in [1.807, 2.05) is 12.1 Å². The van der Waals surface area contributed by atoms with Gasteiger partial charge < -0.3 is 10.1 Å². The summed E-state index contributed by atoms with van der Waals surface area (Å²) in [7, 11) is 1.73. The molecule has 106 valence electrons. The molecular formula is C16H24ClNO. The van der Waals surface area contributed by atoms with Crippen molar-refractivity contribution >= 4 is 11.6 Å². The molecule has 0 atom stereocenters. The molecule has 0 heterocycles. The lowest BCUT2D eigenvalue weighted by Gasteiger charge is -2.42. The third-order valence-electron chi connectivity index (χ3n) is 4.15. The molecule has 1 N–H and O–H groups in total. The summed E-state index contributed by atoms with van der Waals surface area (Å²) in [5.74, 6) is 0.964. The van der Waals surface area contributed by atoms with Crippen LogP contribution < -0.4 is 10.1 Å². The second-order valence-corrected chi connectivity index (χ2v) is 6.10. The van der Waals surface area contributed by atoms with Crippen LogP contribution in [0.4, 0.5) is 0 Å². The second-order valence-electron chi connectivity index (χ2n) is 5.66. The van der Waals surface area contributed by atoms with Crippen LogP contribution in [0.2, 0.25) is 5.02 Å². The molecule has 1 saturated carbocycles. The monoisotopic (exact) mass is 281 g/mol. The Labute approximate surface area is 121 Å². The minimum atomic E-state index is 0.410. The highest BCUT2D eigenvalue weighted by Crippen LogP contribution is 2.44. The zero-order valence-corrected chi connectivity index (χ0v) is 12.7. The highest BCUT2D eigenvalue weighted by molar-refractivity contribution is 6.30. The number of hydrogen-bond donors (Lipinski definition) is 1. The molecule has 1 aliphatic rings. The van der Waals surface area contributed by atoms with Crippen molar-refractivity contribution in [2.24, 2.45) is 5.41 Å². The Kier molecular flexibility index (Phi) is 5.12. The van der Waals surface area contributed by atoms with Gasteiger partial charge in [0.25, 0.3) is 0 Å². The maximum atomic E-state index is 6.12. The highest BCUT2D eigenvalue weighted by atomic mass is 35.5. The molecule has 1 aromatic rings. The number of rotatable bonds is 7. The smallest absolute Gasteiger partial charge is 0.122 e. The number of ether oxygens (including phenoxy) is 1. The summed E-state index contributed by atoms with van der Waals surface area (Å²) in [4.78, 5) is 0. The first-order valence-corrected chi connectivity index (χ1v) is 7.60. The van der Waals surface area contributed by atoms with Crippen molar-refractivity contribution in [3.8, 4) is 5.75 Å². The molecule has 19 heavy (non-hydrogen) atoms. The maximum Gasteiger partial charge on any atom is 0.122 e. The van der Waals surface area contributed by atoms with E-state index in [2.05, 4.69) is 18.3 Å². The van der Waals surface area contributed by atoms with Crippen molar-refractivity contribution < 1.29 is 4.74 Å². The normalized spacial score (nSPS) is 17.0. The van der Waals surface area contributed by atoms with Gasteiger partial charge in [0.1, 0.15) is 5.75 Å². The van der Waals surface area contributed by atoms with E-state index in [1.165, 1.54) is 31.2 Å². The van der Waals surface area contributed by atoms with Gasteiger partial charge in [0.2, 0.25) is 0 Å². The van der Waals surface area contributed by atoms with Crippen LogP contribution in [0, 0.1) is 5.41 Å². The Morgan fingerprint density at radius 1 is 1.37 bits per heavy atom. The molecule has 0 spiro atoms. The largest absolute Gasteiger partial charge is 0.496 e. The van der Waals surface area contributed by atoms with Crippen LogP contribution in [0.5, 0.6) is 5.75 Å². The Bertz CT molecular complexity index is 415. The third kappa shape index (κ3) is 3.64. The lowest BCUT2D eigenvalue weighted by Crippen LogP contribution is -2.42. The van der Waals surface area contributed by atoms with E-state index in [1.54, 1.807) is 7.11 Å². The molecule has 3 heteroatoms. The molecule has 1 fully saturated rings. The molecular weight excluding hydrogens is 258 g/mol. The van der Waals surface area contributed by atoms with Crippen LogP contribution in [0.1, 0.15) is 38.2 Å². The van der Waals surface area contributed by atoms with Gasteiger partial charge in [-0.2, -0.15) is 0 Å². The topological polar surface area (TPSA) is 21.3 Å². The van der Waals surface area contributed by atoms with Gasteiger partial charge in [-0.05, 0) is 61.4 Å². The minimum Gasteiger partial charge on any atom is -0.496 e. The van der Waals surface area contributed by atoms with E-state index >= 15 is 0 Å². The van der Waals surface area contributed by atoms with Gasteiger partial charge in [0.05, 0.1) is 7.11 Å². The average Bonchev–Trinajstić information content (AvgIpc) is 2.36. The van der Waals surface area contributed by atoms with Crippen molar-refractivity contribution in [1.29, 1.82) is 0 Å². The Morgan fingerprint density at radius 2 is 2.16 bits per heavy atom. The van der Waals surface area contributed by atoms with Crippen LogP contribution in [0.15, 0.2) is 18.2 Å². The molecule has 1 aliphatic carbocycles. The molecule has 1 aromatic carbocycles. The number of methoxy groups -OCH3 is 1. The van der Waals surface area contributed by atoms with Crippen LogP contribution in [0.3, 0.4) is 0 Å². The van der Waals surface area contributed by atoms with E-state index in [0.717, 1.165) is 30.3 Å². The molecule has 0 radical (unpaired) electrons. The standard InChI is InChI=1S/C16H24ClNO/c1-3-9-18-12-16(7-4-8-16)11-13-10-14(17)5-6-15(13)19-2/h5-6,10,18H,3-4,7-9,11-12H2,1-2H3. The van der Waals surface area contributed by atoms with Gasteiger partial charge in [0, 0.05) is 11.6 Å².